The minimum absolute atomic E-state index is 0.0169. The summed E-state index contributed by atoms with van der Waals surface area (Å²) < 4.78 is 0. The first-order valence-corrected chi connectivity index (χ1v) is 6.24. The molecule has 22 heavy (non-hydrogen) atoms. The summed E-state index contributed by atoms with van der Waals surface area (Å²) in [4.78, 5) is 39.8. The third-order valence-corrected chi connectivity index (χ3v) is 2.96. The summed E-state index contributed by atoms with van der Waals surface area (Å²) >= 11 is 0. The normalized spacial score (nSPS) is 11.0. The fourth-order valence-electron chi connectivity index (χ4n) is 1.93. The van der Waals surface area contributed by atoms with E-state index < -0.39 is 11.9 Å². The highest BCUT2D eigenvalue weighted by molar-refractivity contribution is 6.00. The van der Waals surface area contributed by atoms with Crippen LogP contribution in [-0.4, -0.2) is 23.0 Å². The Bertz CT molecular complexity index is 789. The molecule has 6 heteroatoms. The van der Waals surface area contributed by atoms with E-state index in [0.717, 1.165) is 0 Å². The zero-order valence-electron chi connectivity index (χ0n) is 11.3. The maximum absolute atomic E-state index is 12.2. The van der Waals surface area contributed by atoms with Crippen molar-refractivity contribution in [1.29, 1.82) is 0 Å². The van der Waals surface area contributed by atoms with E-state index in [0.29, 0.717) is 5.56 Å². The Balaban J connectivity index is 2.44. The second kappa shape index (κ2) is 7.02. The van der Waals surface area contributed by atoms with Crippen LogP contribution >= 0.6 is 0 Å². The van der Waals surface area contributed by atoms with Gasteiger partial charge in [-0.2, -0.15) is 9.98 Å². The molecule has 2 rings (SSSR count). The molecule has 0 aliphatic rings. The molecule has 0 radical (unpaired) electrons. The van der Waals surface area contributed by atoms with Crippen LogP contribution in [0.3, 0.4) is 0 Å². The molecule has 6 nitrogen and oxygen atoms in total. The highest BCUT2D eigenvalue weighted by Gasteiger charge is 2.22. The molecule has 1 atom stereocenters. The van der Waals surface area contributed by atoms with Crippen LogP contribution in [0.25, 0.3) is 0 Å². The van der Waals surface area contributed by atoms with Crippen molar-refractivity contribution in [1.82, 2.24) is 0 Å². The zero-order valence-corrected chi connectivity index (χ0v) is 11.3. The Kier molecular flexibility index (Phi) is 4.85. The van der Waals surface area contributed by atoms with E-state index in [1.54, 1.807) is 30.3 Å². The third kappa shape index (κ3) is 3.29. The molecule has 0 aromatic heterocycles. The van der Waals surface area contributed by atoms with Crippen molar-refractivity contribution in [3.63, 3.8) is 0 Å². The second-order valence-electron chi connectivity index (χ2n) is 4.28. The van der Waals surface area contributed by atoms with Gasteiger partial charge >= 0.3 is 0 Å². The molecule has 1 unspecified atom stereocenters. The van der Waals surface area contributed by atoms with Crippen LogP contribution in [0.4, 0.5) is 11.4 Å². The van der Waals surface area contributed by atoms with Crippen molar-refractivity contribution in [2.75, 3.05) is 0 Å². The van der Waals surface area contributed by atoms with E-state index in [2.05, 4.69) is 9.98 Å². The number of hydrogen-bond donors (Lipinski definition) is 1. The lowest BCUT2D eigenvalue weighted by molar-refractivity contribution is 0.0748. The summed E-state index contributed by atoms with van der Waals surface area (Å²) in [5, 5.41) is 10.2. The molecule has 1 N–H and O–H groups in total. The summed E-state index contributed by atoms with van der Waals surface area (Å²) in [5.41, 5.74) is 0.670. The largest absolute Gasteiger partial charge is 0.380 e. The second-order valence-corrected chi connectivity index (χ2v) is 4.28. The van der Waals surface area contributed by atoms with E-state index in [1.807, 2.05) is 0 Å². The van der Waals surface area contributed by atoms with E-state index in [9.17, 15) is 19.5 Å². The molecule has 0 saturated heterocycles. The smallest absolute Gasteiger partial charge is 0.240 e. The lowest BCUT2D eigenvalue weighted by Gasteiger charge is -2.12. The van der Waals surface area contributed by atoms with Crippen molar-refractivity contribution in [2.24, 2.45) is 9.98 Å². The van der Waals surface area contributed by atoms with E-state index >= 15 is 0 Å². The average molecular weight is 294 g/mol. The molecular formula is C16H10N2O4. The van der Waals surface area contributed by atoms with Gasteiger partial charge in [0.25, 0.3) is 0 Å². The van der Waals surface area contributed by atoms with Gasteiger partial charge in [-0.15, -0.1) is 0 Å². The first kappa shape index (κ1) is 15.2. The summed E-state index contributed by atoms with van der Waals surface area (Å²) in [5.74, 6) is -0.533. The number of aliphatic hydroxyl groups excluding tert-OH is 1. The van der Waals surface area contributed by atoms with Crippen molar-refractivity contribution >= 4 is 29.3 Å². The van der Waals surface area contributed by atoms with Crippen LogP contribution in [-0.2, 0) is 9.59 Å². The molecule has 0 spiro atoms. The van der Waals surface area contributed by atoms with Gasteiger partial charge in [0, 0.05) is 11.1 Å². The lowest BCUT2D eigenvalue weighted by Crippen LogP contribution is -2.12. The SMILES string of the molecule is O=C=Nc1ccc(C(O)C(=O)c2ccccc2)c(N=C=O)c1. The number of ketones is 1. The first-order valence-electron chi connectivity index (χ1n) is 6.24. The van der Waals surface area contributed by atoms with Gasteiger partial charge in [-0.3, -0.25) is 4.79 Å². The Morgan fingerprint density at radius 2 is 1.68 bits per heavy atom. The topological polar surface area (TPSA) is 96.2 Å². The molecule has 0 fully saturated rings. The fraction of sp³-hybridized carbons (Fsp3) is 0.0625. The standard InChI is InChI=1S/C16H10N2O4/c19-9-17-12-6-7-13(14(8-12)18-10-20)16(22)15(21)11-4-2-1-3-5-11/h1-8,16,22H. The minimum Gasteiger partial charge on any atom is -0.380 e. The number of aliphatic imine (C=N–C) groups is 2. The molecule has 2 aromatic carbocycles. The molecule has 2 aromatic rings. The van der Waals surface area contributed by atoms with Gasteiger partial charge in [0.1, 0.15) is 6.10 Å². The minimum atomic E-state index is -1.50. The molecule has 0 saturated carbocycles. The van der Waals surface area contributed by atoms with Crippen molar-refractivity contribution in [3.8, 4) is 0 Å². The third-order valence-electron chi connectivity index (χ3n) is 2.96. The summed E-state index contributed by atoms with van der Waals surface area (Å²) in [6, 6.07) is 12.3. The number of nitrogens with zero attached hydrogens (tertiary/aromatic N) is 2. The van der Waals surface area contributed by atoms with E-state index in [4.69, 9.17) is 0 Å². The molecule has 0 bridgehead atoms. The predicted molar refractivity (Wildman–Crippen MR) is 77.7 cm³/mol. The van der Waals surface area contributed by atoms with Gasteiger partial charge in [-0.05, 0) is 12.1 Å². The van der Waals surface area contributed by atoms with E-state index in [1.165, 1.54) is 30.4 Å². The lowest BCUT2D eigenvalue weighted by atomic mass is 9.98. The fourth-order valence-corrected chi connectivity index (χ4v) is 1.93. The Morgan fingerprint density at radius 1 is 1.00 bits per heavy atom. The van der Waals surface area contributed by atoms with Gasteiger partial charge in [-0.25, -0.2) is 9.59 Å². The van der Waals surface area contributed by atoms with E-state index in [-0.39, 0.29) is 16.9 Å². The number of aliphatic hydroxyl groups is 1. The Hall–Kier alpha value is -3.17. The molecule has 0 aliphatic carbocycles. The van der Waals surface area contributed by atoms with Gasteiger partial charge < -0.3 is 5.11 Å². The number of carbonyl (C=O) groups is 1. The molecule has 0 heterocycles. The number of hydrogen-bond acceptors (Lipinski definition) is 6. The summed E-state index contributed by atoms with van der Waals surface area (Å²) in [7, 11) is 0. The van der Waals surface area contributed by atoms with Crippen LogP contribution in [0.15, 0.2) is 58.5 Å². The number of rotatable bonds is 5. The zero-order chi connectivity index (χ0) is 15.9. The monoisotopic (exact) mass is 294 g/mol. The molecule has 108 valence electrons. The van der Waals surface area contributed by atoms with Crippen molar-refractivity contribution < 1.29 is 19.5 Å². The number of carbonyl (C=O) groups excluding carboxylic acids is 3. The summed E-state index contributed by atoms with van der Waals surface area (Å²) in [6.45, 7) is 0. The maximum atomic E-state index is 12.2. The maximum Gasteiger partial charge on any atom is 0.240 e. The van der Waals surface area contributed by atoms with Crippen LogP contribution in [0.2, 0.25) is 0 Å². The first-order chi connectivity index (χ1) is 10.7. The van der Waals surface area contributed by atoms with Crippen LogP contribution in [0.5, 0.6) is 0 Å². The van der Waals surface area contributed by atoms with Gasteiger partial charge in [0.05, 0.1) is 11.4 Å². The van der Waals surface area contributed by atoms with Gasteiger partial charge in [0.2, 0.25) is 12.2 Å². The summed E-state index contributed by atoms with van der Waals surface area (Å²) in [6.07, 6.45) is 1.20. The van der Waals surface area contributed by atoms with Crippen LogP contribution in [0.1, 0.15) is 22.0 Å². The van der Waals surface area contributed by atoms with Crippen LogP contribution < -0.4 is 0 Å². The molecule has 0 amide bonds. The number of benzene rings is 2. The average Bonchev–Trinajstić information content (AvgIpc) is 2.55. The highest BCUT2D eigenvalue weighted by Crippen LogP contribution is 2.31. The van der Waals surface area contributed by atoms with Crippen molar-refractivity contribution in [2.45, 2.75) is 6.10 Å². The predicted octanol–water partition coefficient (Wildman–Crippen LogP) is 2.54. The number of isocyanates is 2. The quantitative estimate of drug-likeness (QED) is 0.520. The molecular weight excluding hydrogens is 284 g/mol. The number of Topliss-reactive ketones (excluding diaryl/α,β-unsaturated/α-hetero) is 1. The van der Waals surface area contributed by atoms with Crippen LogP contribution in [0, 0.1) is 0 Å². The van der Waals surface area contributed by atoms with Gasteiger partial charge in [-0.1, -0.05) is 36.4 Å². The highest BCUT2D eigenvalue weighted by atomic mass is 16.3. The molecule has 0 aliphatic heterocycles. The van der Waals surface area contributed by atoms with Gasteiger partial charge in [0.15, 0.2) is 5.78 Å². The van der Waals surface area contributed by atoms with Crippen molar-refractivity contribution in [3.05, 3.63) is 59.7 Å². The Labute approximate surface area is 125 Å². The Morgan fingerprint density at radius 3 is 2.32 bits per heavy atom.